The second-order valence-electron chi connectivity index (χ2n) is 3.45. The molecule has 1 aromatic rings. The number of hydrogen-bond donors (Lipinski definition) is 2. The van der Waals surface area contributed by atoms with Crippen LogP contribution in [-0.2, 0) is 17.1 Å². The van der Waals surface area contributed by atoms with Gasteiger partial charge in [0.2, 0.25) is 10.0 Å². The molecule has 7 heteroatoms. The summed E-state index contributed by atoms with van der Waals surface area (Å²) in [5.41, 5.74) is 0.440. The molecule has 6 nitrogen and oxygen atoms in total. The van der Waals surface area contributed by atoms with Crippen molar-refractivity contribution in [1.29, 1.82) is 0 Å². The zero-order valence-corrected chi connectivity index (χ0v) is 9.74. The number of aliphatic hydroxyl groups excluding tert-OH is 1. The number of aromatic nitrogens is 2. The fourth-order valence-electron chi connectivity index (χ4n) is 1.15. The SMILES string of the molecule is Cc1nn(C)cc1S(=O)(=O)NCC(C)O. The quantitative estimate of drug-likeness (QED) is 0.726. The highest BCUT2D eigenvalue weighted by Gasteiger charge is 2.19. The standard InChI is InChI=1S/C8H15N3O3S/c1-6(12)4-9-15(13,14)8-5-11(3)10-7(8)2/h5-6,9,12H,4H2,1-3H3. The summed E-state index contributed by atoms with van der Waals surface area (Å²) >= 11 is 0. The Morgan fingerprint density at radius 3 is 2.67 bits per heavy atom. The monoisotopic (exact) mass is 233 g/mol. The molecule has 1 unspecified atom stereocenters. The molecule has 86 valence electrons. The lowest BCUT2D eigenvalue weighted by atomic mass is 10.4. The highest BCUT2D eigenvalue weighted by Crippen LogP contribution is 2.11. The second-order valence-corrected chi connectivity index (χ2v) is 5.19. The number of nitrogens with zero attached hydrogens (tertiary/aromatic N) is 2. The Balaban J connectivity index is 2.91. The summed E-state index contributed by atoms with van der Waals surface area (Å²) in [5, 5.41) is 12.9. The van der Waals surface area contributed by atoms with Gasteiger partial charge >= 0.3 is 0 Å². The van der Waals surface area contributed by atoms with Gasteiger partial charge in [0.15, 0.2) is 0 Å². The van der Waals surface area contributed by atoms with Crippen molar-refractivity contribution in [3.63, 3.8) is 0 Å². The minimum atomic E-state index is -3.56. The van der Waals surface area contributed by atoms with Gasteiger partial charge in [-0.25, -0.2) is 13.1 Å². The number of rotatable bonds is 4. The van der Waals surface area contributed by atoms with Crippen molar-refractivity contribution in [3.8, 4) is 0 Å². The molecule has 0 radical (unpaired) electrons. The van der Waals surface area contributed by atoms with Gasteiger partial charge in [-0.2, -0.15) is 5.10 Å². The molecule has 2 N–H and O–H groups in total. The minimum Gasteiger partial charge on any atom is -0.392 e. The van der Waals surface area contributed by atoms with E-state index >= 15 is 0 Å². The Hall–Kier alpha value is -0.920. The van der Waals surface area contributed by atoms with Crippen LogP contribution in [0.15, 0.2) is 11.1 Å². The zero-order chi connectivity index (χ0) is 11.6. The van der Waals surface area contributed by atoms with Gasteiger partial charge in [-0.05, 0) is 13.8 Å². The number of aryl methyl sites for hydroxylation is 2. The molecule has 1 rings (SSSR count). The van der Waals surface area contributed by atoms with Gasteiger partial charge in [-0.1, -0.05) is 0 Å². The van der Waals surface area contributed by atoms with Crippen molar-refractivity contribution < 1.29 is 13.5 Å². The lowest BCUT2D eigenvalue weighted by Crippen LogP contribution is -2.30. The lowest BCUT2D eigenvalue weighted by Gasteiger charge is -2.06. The third kappa shape index (κ3) is 3.01. The van der Waals surface area contributed by atoms with Crippen molar-refractivity contribution >= 4 is 10.0 Å². The summed E-state index contributed by atoms with van der Waals surface area (Å²) in [5.74, 6) is 0. The Kier molecular flexibility index (Phi) is 3.48. The molecule has 15 heavy (non-hydrogen) atoms. The summed E-state index contributed by atoms with van der Waals surface area (Å²) in [6.45, 7) is 3.13. The smallest absolute Gasteiger partial charge is 0.244 e. The van der Waals surface area contributed by atoms with Gasteiger partial charge in [0.1, 0.15) is 4.90 Å². The van der Waals surface area contributed by atoms with E-state index in [0.29, 0.717) is 5.69 Å². The molecule has 0 spiro atoms. The normalized spacial score (nSPS) is 14.1. The summed E-state index contributed by atoms with van der Waals surface area (Å²) < 4.78 is 27.1. The molecule has 0 amide bonds. The molecule has 1 aromatic heterocycles. The number of sulfonamides is 1. The molecular formula is C8H15N3O3S. The van der Waals surface area contributed by atoms with Gasteiger partial charge < -0.3 is 5.11 Å². The minimum absolute atomic E-state index is 0.00331. The first-order chi connectivity index (χ1) is 6.83. The van der Waals surface area contributed by atoms with Crippen LogP contribution < -0.4 is 4.72 Å². The Morgan fingerprint density at radius 2 is 2.27 bits per heavy atom. The van der Waals surface area contributed by atoms with Crippen LogP contribution in [0.25, 0.3) is 0 Å². The topological polar surface area (TPSA) is 84.2 Å². The van der Waals surface area contributed by atoms with Crippen molar-refractivity contribution in [2.24, 2.45) is 7.05 Å². The Bertz CT molecular complexity index is 436. The first-order valence-corrected chi connectivity index (χ1v) is 5.99. The van der Waals surface area contributed by atoms with Crippen LogP contribution in [0.4, 0.5) is 0 Å². The number of aliphatic hydroxyl groups is 1. The van der Waals surface area contributed by atoms with E-state index in [0.717, 1.165) is 0 Å². The first kappa shape index (κ1) is 12.2. The fourth-order valence-corrected chi connectivity index (χ4v) is 2.49. The van der Waals surface area contributed by atoms with Crippen LogP contribution in [0.1, 0.15) is 12.6 Å². The second kappa shape index (κ2) is 4.30. The zero-order valence-electron chi connectivity index (χ0n) is 8.93. The van der Waals surface area contributed by atoms with Crippen LogP contribution in [0.3, 0.4) is 0 Å². The van der Waals surface area contributed by atoms with Gasteiger partial charge in [-0.3, -0.25) is 4.68 Å². The van der Waals surface area contributed by atoms with E-state index in [9.17, 15) is 8.42 Å². The molecule has 0 aliphatic heterocycles. The van der Waals surface area contributed by atoms with E-state index in [1.165, 1.54) is 17.8 Å². The molecule has 0 bridgehead atoms. The molecule has 1 heterocycles. The maximum absolute atomic E-state index is 11.7. The van der Waals surface area contributed by atoms with E-state index in [1.807, 2.05) is 0 Å². The average molecular weight is 233 g/mol. The summed E-state index contributed by atoms with van der Waals surface area (Å²) in [7, 11) is -1.91. The largest absolute Gasteiger partial charge is 0.392 e. The Labute approximate surface area is 89.0 Å². The number of hydrogen-bond acceptors (Lipinski definition) is 4. The van der Waals surface area contributed by atoms with Crippen LogP contribution in [0, 0.1) is 6.92 Å². The maximum atomic E-state index is 11.7. The molecule has 0 aliphatic carbocycles. The third-order valence-electron chi connectivity index (χ3n) is 1.83. The van der Waals surface area contributed by atoms with Crippen LogP contribution in [0.2, 0.25) is 0 Å². The predicted molar refractivity (Wildman–Crippen MR) is 54.8 cm³/mol. The van der Waals surface area contributed by atoms with Crippen molar-refractivity contribution in [1.82, 2.24) is 14.5 Å². The van der Waals surface area contributed by atoms with Gasteiger partial charge in [0.25, 0.3) is 0 Å². The maximum Gasteiger partial charge on any atom is 0.244 e. The fraction of sp³-hybridized carbons (Fsp3) is 0.625. The van der Waals surface area contributed by atoms with Crippen molar-refractivity contribution in [2.45, 2.75) is 24.8 Å². The third-order valence-corrected chi connectivity index (χ3v) is 3.35. The molecule has 1 atom stereocenters. The number of nitrogens with one attached hydrogen (secondary N) is 1. The van der Waals surface area contributed by atoms with Crippen molar-refractivity contribution in [2.75, 3.05) is 6.54 Å². The summed E-state index contributed by atoms with van der Waals surface area (Å²) in [6, 6.07) is 0. The van der Waals surface area contributed by atoms with Crippen LogP contribution in [0.5, 0.6) is 0 Å². The predicted octanol–water partition coefficient (Wildman–Crippen LogP) is -0.612. The molecule has 0 saturated carbocycles. The van der Waals surface area contributed by atoms with Crippen molar-refractivity contribution in [3.05, 3.63) is 11.9 Å². The van der Waals surface area contributed by atoms with Gasteiger partial charge in [0, 0.05) is 19.8 Å². The first-order valence-electron chi connectivity index (χ1n) is 4.51. The van der Waals surface area contributed by atoms with Crippen LogP contribution in [-0.4, -0.2) is 36.0 Å². The highest BCUT2D eigenvalue weighted by molar-refractivity contribution is 7.89. The van der Waals surface area contributed by atoms with Gasteiger partial charge in [-0.15, -0.1) is 0 Å². The summed E-state index contributed by atoms with van der Waals surface area (Å²) in [6.07, 6.45) is 0.719. The lowest BCUT2D eigenvalue weighted by molar-refractivity contribution is 0.198. The molecule has 0 saturated heterocycles. The molecular weight excluding hydrogens is 218 g/mol. The van der Waals surface area contributed by atoms with E-state index < -0.39 is 16.1 Å². The Morgan fingerprint density at radius 1 is 1.67 bits per heavy atom. The van der Waals surface area contributed by atoms with Crippen LogP contribution >= 0.6 is 0 Å². The van der Waals surface area contributed by atoms with E-state index in [2.05, 4.69) is 9.82 Å². The van der Waals surface area contributed by atoms with E-state index in [-0.39, 0.29) is 11.4 Å². The van der Waals surface area contributed by atoms with Gasteiger partial charge in [0.05, 0.1) is 11.8 Å². The molecule has 0 aliphatic rings. The van der Waals surface area contributed by atoms with E-state index in [4.69, 9.17) is 5.11 Å². The van der Waals surface area contributed by atoms with E-state index in [1.54, 1.807) is 14.0 Å². The molecule has 0 fully saturated rings. The molecule has 0 aromatic carbocycles. The highest BCUT2D eigenvalue weighted by atomic mass is 32.2. The average Bonchev–Trinajstić information content (AvgIpc) is 2.43. The summed E-state index contributed by atoms with van der Waals surface area (Å²) in [4.78, 5) is 0.144.